The molecular weight excluding hydrogens is 400 g/mol. The lowest BCUT2D eigenvalue weighted by Gasteiger charge is -2.21. The number of benzene rings is 2. The zero-order valence-electron chi connectivity index (χ0n) is 16.0. The fourth-order valence-corrected chi connectivity index (χ4v) is 3.23. The van der Waals surface area contributed by atoms with Gasteiger partial charge < -0.3 is 4.74 Å². The largest absolute Gasteiger partial charge is 0.497 e. The molecule has 1 amide bonds. The number of anilines is 1. The number of non-ortho nitro benzene ring substituents is 1. The van der Waals surface area contributed by atoms with Crippen LogP contribution < -0.4 is 14.5 Å². The molecule has 0 fully saturated rings. The van der Waals surface area contributed by atoms with Crippen LogP contribution in [-0.2, 0) is 14.8 Å². The maximum Gasteiger partial charge on any atom is 0.270 e. The summed E-state index contributed by atoms with van der Waals surface area (Å²) in [5.41, 5.74) is 3.21. The molecule has 0 radical (unpaired) electrons. The summed E-state index contributed by atoms with van der Waals surface area (Å²) in [4.78, 5) is 22.6. The number of nitrogens with zero attached hydrogens (tertiary/aromatic N) is 3. The minimum absolute atomic E-state index is 0.107. The Kier molecular flexibility index (Phi) is 6.89. The minimum Gasteiger partial charge on any atom is -0.497 e. The summed E-state index contributed by atoms with van der Waals surface area (Å²) in [6, 6.07) is 12.1. The summed E-state index contributed by atoms with van der Waals surface area (Å²) < 4.78 is 30.3. The molecule has 0 saturated carbocycles. The number of hydrazone groups is 1. The van der Waals surface area contributed by atoms with Gasteiger partial charge in [0.05, 0.1) is 29.7 Å². The Morgan fingerprint density at radius 2 is 1.93 bits per heavy atom. The van der Waals surface area contributed by atoms with E-state index in [1.807, 2.05) is 0 Å². The quantitative estimate of drug-likeness (QED) is 0.394. The van der Waals surface area contributed by atoms with Gasteiger partial charge in [0.15, 0.2) is 0 Å². The Hall–Kier alpha value is -3.47. The van der Waals surface area contributed by atoms with Gasteiger partial charge in [0.25, 0.3) is 11.6 Å². The maximum atomic E-state index is 12.3. The smallest absolute Gasteiger partial charge is 0.270 e. The molecule has 2 aromatic carbocycles. The predicted molar refractivity (Wildman–Crippen MR) is 109 cm³/mol. The van der Waals surface area contributed by atoms with E-state index >= 15 is 0 Å². The molecule has 154 valence electrons. The van der Waals surface area contributed by atoms with Crippen LogP contribution in [0, 0.1) is 10.1 Å². The van der Waals surface area contributed by atoms with Gasteiger partial charge in [-0.3, -0.25) is 19.2 Å². The van der Waals surface area contributed by atoms with Gasteiger partial charge in [-0.25, -0.2) is 13.8 Å². The highest BCUT2D eigenvalue weighted by Gasteiger charge is 2.21. The first-order chi connectivity index (χ1) is 13.6. The van der Waals surface area contributed by atoms with Crippen LogP contribution in [0.3, 0.4) is 0 Å². The van der Waals surface area contributed by atoms with Crippen molar-refractivity contribution in [3.63, 3.8) is 0 Å². The Bertz CT molecular complexity index is 1050. The monoisotopic (exact) mass is 420 g/mol. The summed E-state index contributed by atoms with van der Waals surface area (Å²) in [5, 5.41) is 14.8. The van der Waals surface area contributed by atoms with Gasteiger partial charge in [0.1, 0.15) is 12.3 Å². The second-order valence-corrected chi connectivity index (χ2v) is 7.92. The summed E-state index contributed by atoms with van der Waals surface area (Å²) in [7, 11) is -2.30. The van der Waals surface area contributed by atoms with Crippen LogP contribution in [0.2, 0.25) is 0 Å². The van der Waals surface area contributed by atoms with Gasteiger partial charge in [-0.05, 0) is 19.1 Å². The van der Waals surface area contributed by atoms with E-state index in [0.29, 0.717) is 17.0 Å². The molecule has 11 heteroatoms. The Morgan fingerprint density at radius 3 is 2.55 bits per heavy atom. The van der Waals surface area contributed by atoms with E-state index in [9.17, 15) is 23.3 Å². The number of carbonyl (C=O) groups is 1. The number of sulfonamides is 1. The number of hydrogen-bond acceptors (Lipinski definition) is 7. The molecule has 0 saturated heterocycles. The molecule has 0 atom stereocenters. The molecule has 0 aliphatic rings. The van der Waals surface area contributed by atoms with Crippen LogP contribution >= 0.6 is 0 Å². The molecule has 1 N–H and O–H groups in total. The fraction of sp³-hybridized carbons (Fsp3) is 0.222. The minimum atomic E-state index is -3.75. The van der Waals surface area contributed by atoms with E-state index in [0.717, 1.165) is 10.6 Å². The third-order valence-electron chi connectivity index (χ3n) is 3.85. The topological polar surface area (TPSA) is 131 Å². The first kappa shape index (κ1) is 21.8. The molecule has 2 rings (SSSR count). The van der Waals surface area contributed by atoms with Crippen molar-refractivity contribution in [2.45, 2.75) is 6.92 Å². The highest BCUT2D eigenvalue weighted by atomic mass is 32.2. The van der Waals surface area contributed by atoms with Crippen molar-refractivity contribution in [2.24, 2.45) is 5.10 Å². The summed E-state index contributed by atoms with van der Waals surface area (Å²) in [5.74, 6) is -0.237. The van der Waals surface area contributed by atoms with Gasteiger partial charge in [-0.1, -0.05) is 18.2 Å². The highest BCUT2D eigenvalue weighted by Crippen LogP contribution is 2.22. The zero-order valence-corrected chi connectivity index (χ0v) is 16.8. The number of hydrogen-bond donors (Lipinski definition) is 1. The number of nitro benzene ring substituents is 1. The number of carbonyl (C=O) groups excluding carboxylic acids is 1. The number of ether oxygens (including phenoxy) is 1. The van der Waals surface area contributed by atoms with Crippen LogP contribution in [0.1, 0.15) is 12.5 Å². The average molecular weight is 420 g/mol. The predicted octanol–water partition coefficient (Wildman–Crippen LogP) is 1.91. The number of rotatable bonds is 8. The number of methoxy groups -OCH3 is 1. The van der Waals surface area contributed by atoms with E-state index in [2.05, 4.69) is 10.5 Å². The first-order valence-corrected chi connectivity index (χ1v) is 10.2. The third-order valence-corrected chi connectivity index (χ3v) is 4.99. The Balaban J connectivity index is 2.17. The van der Waals surface area contributed by atoms with Gasteiger partial charge in [0, 0.05) is 23.8 Å². The van der Waals surface area contributed by atoms with E-state index in [-0.39, 0.29) is 11.4 Å². The van der Waals surface area contributed by atoms with Gasteiger partial charge >= 0.3 is 0 Å². The third kappa shape index (κ3) is 6.01. The van der Waals surface area contributed by atoms with E-state index in [1.165, 1.54) is 37.4 Å². The lowest BCUT2D eigenvalue weighted by atomic mass is 10.1. The first-order valence-electron chi connectivity index (χ1n) is 8.31. The Morgan fingerprint density at radius 1 is 1.24 bits per heavy atom. The summed E-state index contributed by atoms with van der Waals surface area (Å²) in [6.07, 6.45) is 0.984. The second-order valence-electron chi connectivity index (χ2n) is 6.01. The average Bonchev–Trinajstić information content (AvgIpc) is 2.69. The standard InChI is InChI=1S/C18H20N4O6S/c1-13(14-6-4-8-16(10-14)22(24)25)19-20-18(23)12-21(29(3,26)27)15-7-5-9-17(11-15)28-2/h4-11H,12H2,1-3H3,(H,20,23)/b19-13-. The van der Waals surface area contributed by atoms with Gasteiger partial charge in [-0.2, -0.15) is 5.10 Å². The van der Waals surface area contributed by atoms with Crippen molar-refractivity contribution in [3.8, 4) is 5.75 Å². The van der Waals surface area contributed by atoms with Gasteiger partial charge in [0.2, 0.25) is 10.0 Å². The highest BCUT2D eigenvalue weighted by molar-refractivity contribution is 7.92. The normalized spacial score (nSPS) is 11.6. The van der Waals surface area contributed by atoms with Crippen LogP contribution in [0.4, 0.5) is 11.4 Å². The fourth-order valence-electron chi connectivity index (χ4n) is 2.39. The van der Waals surface area contributed by atoms with Crippen molar-refractivity contribution >= 4 is 33.0 Å². The SMILES string of the molecule is COc1cccc(N(CC(=O)N/N=C(/C)c2cccc([N+](=O)[O-])c2)S(C)(=O)=O)c1. The van der Waals surface area contributed by atoms with Crippen molar-refractivity contribution in [2.75, 3.05) is 24.2 Å². The van der Waals surface area contributed by atoms with E-state index in [4.69, 9.17) is 4.74 Å². The Labute approximate surface area is 168 Å². The second kappa shape index (κ2) is 9.15. The van der Waals surface area contributed by atoms with Crippen molar-refractivity contribution in [1.82, 2.24) is 5.43 Å². The molecule has 0 bridgehead atoms. The van der Waals surface area contributed by atoms with Crippen molar-refractivity contribution < 1.29 is 22.9 Å². The van der Waals surface area contributed by atoms with Crippen LogP contribution in [0.15, 0.2) is 53.6 Å². The molecule has 29 heavy (non-hydrogen) atoms. The van der Waals surface area contributed by atoms with Crippen LogP contribution in [0.25, 0.3) is 0 Å². The molecule has 2 aromatic rings. The number of amides is 1. The lowest BCUT2D eigenvalue weighted by Crippen LogP contribution is -2.39. The molecule has 0 aliphatic carbocycles. The van der Waals surface area contributed by atoms with Crippen LogP contribution in [-0.4, -0.2) is 44.9 Å². The van der Waals surface area contributed by atoms with Crippen LogP contribution in [0.5, 0.6) is 5.75 Å². The molecule has 0 heterocycles. The molecule has 0 aromatic heterocycles. The molecular formula is C18H20N4O6S. The number of nitrogens with one attached hydrogen (secondary N) is 1. The van der Waals surface area contributed by atoms with E-state index in [1.54, 1.807) is 25.1 Å². The van der Waals surface area contributed by atoms with Crippen molar-refractivity contribution in [1.29, 1.82) is 0 Å². The number of nitro groups is 1. The molecule has 0 spiro atoms. The lowest BCUT2D eigenvalue weighted by molar-refractivity contribution is -0.384. The summed E-state index contributed by atoms with van der Waals surface area (Å²) >= 11 is 0. The zero-order chi connectivity index (χ0) is 21.6. The van der Waals surface area contributed by atoms with Crippen molar-refractivity contribution in [3.05, 3.63) is 64.2 Å². The summed E-state index contributed by atoms with van der Waals surface area (Å²) in [6.45, 7) is 1.06. The van der Waals surface area contributed by atoms with Gasteiger partial charge in [-0.15, -0.1) is 0 Å². The molecule has 0 unspecified atom stereocenters. The van der Waals surface area contributed by atoms with E-state index < -0.39 is 27.4 Å². The maximum absolute atomic E-state index is 12.3. The molecule has 0 aliphatic heterocycles. The molecule has 10 nitrogen and oxygen atoms in total.